The summed E-state index contributed by atoms with van der Waals surface area (Å²) in [6.45, 7) is 1.30. The van der Waals surface area contributed by atoms with E-state index < -0.39 is 11.5 Å². The zero-order chi connectivity index (χ0) is 16.4. The van der Waals surface area contributed by atoms with Crippen molar-refractivity contribution in [2.45, 2.75) is 25.4 Å². The number of carbonyl (C=O) groups is 2. The van der Waals surface area contributed by atoms with E-state index in [1.54, 1.807) is 17.0 Å². The maximum Gasteiger partial charge on any atom is 0.254 e. The number of pyridine rings is 1. The van der Waals surface area contributed by atoms with Gasteiger partial charge in [-0.3, -0.25) is 9.59 Å². The van der Waals surface area contributed by atoms with Crippen molar-refractivity contribution in [3.63, 3.8) is 0 Å². The summed E-state index contributed by atoms with van der Waals surface area (Å²) in [5.41, 5.74) is -0.414. The van der Waals surface area contributed by atoms with E-state index in [9.17, 15) is 14.7 Å². The number of hydrogen-bond acceptors (Lipinski definition) is 5. The van der Waals surface area contributed by atoms with Gasteiger partial charge in [0.25, 0.3) is 5.91 Å². The van der Waals surface area contributed by atoms with Gasteiger partial charge in [0.2, 0.25) is 11.8 Å². The molecular weight excluding hydrogens is 298 g/mol. The Morgan fingerprint density at radius 3 is 3.13 bits per heavy atom. The Labute approximate surface area is 134 Å². The van der Waals surface area contributed by atoms with Crippen molar-refractivity contribution >= 4 is 11.8 Å². The van der Waals surface area contributed by atoms with E-state index in [-0.39, 0.29) is 18.4 Å². The fourth-order valence-corrected chi connectivity index (χ4v) is 3.45. The highest BCUT2D eigenvalue weighted by molar-refractivity contribution is 5.95. The van der Waals surface area contributed by atoms with Crippen LogP contribution in [0.4, 0.5) is 0 Å². The van der Waals surface area contributed by atoms with E-state index in [0.29, 0.717) is 37.4 Å². The highest BCUT2D eigenvalue weighted by Crippen LogP contribution is 2.37. The number of ether oxygens (including phenoxy) is 1. The fraction of sp³-hybridized carbons (Fsp3) is 0.562. The van der Waals surface area contributed by atoms with Gasteiger partial charge in [-0.15, -0.1) is 0 Å². The molecule has 1 spiro atoms. The van der Waals surface area contributed by atoms with Crippen LogP contribution < -0.4 is 10.1 Å². The molecule has 3 rings (SSSR count). The highest BCUT2D eigenvalue weighted by atomic mass is 16.5. The number of carbonyl (C=O) groups excluding carboxylic acids is 2. The molecule has 0 bridgehead atoms. The first-order valence-electron chi connectivity index (χ1n) is 7.82. The van der Waals surface area contributed by atoms with E-state index in [4.69, 9.17) is 4.74 Å². The smallest absolute Gasteiger partial charge is 0.254 e. The Morgan fingerprint density at radius 2 is 2.39 bits per heavy atom. The minimum absolute atomic E-state index is 0.152. The van der Waals surface area contributed by atoms with Gasteiger partial charge in [-0.1, -0.05) is 0 Å². The number of amides is 2. The van der Waals surface area contributed by atoms with Gasteiger partial charge in [0.05, 0.1) is 18.6 Å². The molecular formula is C16H21N3O4. The van der Waals surface area contributed by atoms with Crippen molar-refractivity contribution in [3.8, 4) is 5.88 Å². The monoisotopic (exact) mass is 319 g/mol. The average molecular weight is 319 g/mol. The number of methoxy groups -OCH3 is 1. The second-order valence-corrected chi connectivity index (χ2v) is 6.13. The van der Waals surface area contributed by atoms with Crippen LogP contribution in [0, 0.1) is 5.41 Å². The van der Waals surface area contributed by atoms with Crippen LogP contribution in [0.25, 0.3) is 0 Å². The van der Waals surface area contributed by atoms with Crippen LogP contribution in [-0.2, 0) is 4.79 Å². The van der Waals surface area contributed by atoms with Crippen LogP contribution in [0.15, 0.2) is 18.3 Å². The second-order valence-electron chi connectivity index (χ2n) is 6.13. The minimum Gasteiger partial charge on any atom is -0.481 e. The lowest BCUT2D eigenvalue weighted by Gasteiger charge is -2.46. The van der Waals surface area contributed by atoms with Crippen molar-refractivity contribution in [1.29, 1.82) is 0 Å². The molecule has 0 unspecified atom stereocenters. The Kier molecular flexibility index (Phi) is 4.21. The van der Waals surface area contributed by atoms with Crippen molar-refractivity contribution in [1.82, 2.24) is 15.2 Å². The molecule has 124 valence electrons. The Morgan fingerprint density at radius 1 is 1.57 bits per heavy atom. The molecule has 0 radical (unpaired) electrons. The summed E-state index contributed by atoms with van der Waals surface area (Å²) < 4.78 is 5.05. The van der Waals surface area contributed by atoms with Gasteiger partial charge in [-0.05, 0) is 25.3 Å². The summed E-state index contributed by atoms with van der Waals surface area (Å²) in [4.78, 5) is 30.7. The molecule has 7 nitrogen and oxygen atoms in total. The maximum absolute atomic E-state index is 12.7. The third kappa shape index (κ3) is 2.76. The molecule has 3 heterocycles. The third-order valence-electron chi connectivity index (χ3n) is 4.80. The first-order valence-corrected chi connectivity index (χ1v) is 7.82. The van der Waals surface area contributed by atoms with Crippen LogP contribution in [0.3, 0.4) is 0 Å². The lowest BCUT2D eigenvalue weighted by Crippen LogP contribution is -2.62. The molecule has 23 heavy (non-hydrogen) atoms. The quantitative estimate of drug-likeness (QED) is 0.812. The summed E-state index contributed by atoms with van der Waals surface area (Å²) in [7, 11) is 1.50. The number of aromatic nitrogens is 1. The predicted octanol–water partition coefficient (Wildman–Crippen LogP) is 0.193. The van der Waals surface area contributed by atoms with E-state index in [1.807, 2.05) is 0 Å². The van der Waals surface area contributed by atoms with Gasteiger partial charge in [0.15, 0.2) is 0 Å². The highest BCUT2D eigenvalue weighted by Gasteiger charge is 2.50. The number of nitrogens with zero attached hydrogens (tertiary/aromatic N) is 2. The molecule has 2 saturated heterocycles. The number of aliphatic hydroxyl groups excluding tert-OH is 1. The lowest BCUT2D eigenvalue weighted by molar-refractivity contribution is -0.147. The molecule has 1 aromatic rings. The molecule has 2 aliphatic heterocycles. The molecule has 0 aliphatic carbocycles. The molecule has 2 fully saturated rings. The van der Waals surface area contributed by atoms with Crippen molar-refractivity contribution in [3.05, 3.63) is 23.9 Å². The first-order chi connectivity index (χ1) is 11.1. The number of piperidine rings is 2. The van der Waals surface area contributed by atoms with Crippen molar-refractivity contribution < 1.29 is 19.4 Å². The normalized spacial score (nSPS) is 27.7. The Hall–Kier alpha value is -2.15. The lowest BCUT2D eigenvalue weighted by atomic mass is 9.71. The number of hydrogen-bond donors (Lipinski definition) is 2. The van der Waals surface area contributed by atoms with Gasteiger partial charge in [0, 0.05) is 37.5 Å². The topological polar surface area (TPSA) is 91.8 Å². The van der Waals surface area contributed by atoms with Gasteiger partial charge < -0.3 is 20.1 Å². The van der Waals surface area contributed by atoms with E-state index in [2.05, 4.69) is 10.3 Å². The van der Waals surface area contributed by atoms with Crippen LogP contribution in [0.1, 0.15) is 29.6 Å². The van der Waals surface area contributed by atoms with Gasteiger partial charge in [0.1, 0.15) is 0 Å². The fourth-order valence-electron chi connectivity index (χ4n) is 3.45. The zero-order valence-electron chi connectivity index (χ0n) is 13.1. The third-order valence-corrected chi connectivity index (χ3v) is 4.80. The zero-order valence-corrected chi connectivity index (χ0v) is 13.1. The van der Waals surface area contributed by atoms with Gasteiger partial charge in [-0.2, -0.15) is 0 Å². The van der Waals surface area contributed by atoms with Gasteiger partial charge >= 0.3 is 0 Å². The SMILES string of the molecule is COc1cc(C(=O)N2CC[C@H](O)[C@@]3(CCCNC3=O)C2)ccn1. The Balaban J connectivity index is 1.83. The molecule has 1 aromatic heterocycles. The van der Waals surface area contributed by atoms with Crippen molar-refractivity contribution in [2.24, 2.45) is 5.41 Å². The van der Waals surface area contributed by atoms with Crippen LogP contribution in [0.2, 0.25) is 0 Å². The Bertz CT molecular complexity index is 621. The first kappa shape index (κ1) is 15.7. The molecule has 0 saturated carbocycles. The molecule has 7 heteroatoms. The molecule has 0 aromatic carbocycles. The average Bonchev–Trinajstić information content (AvgIpc) is 2.59. The van der Waals surface area contributed by atoms with Crippen molar-refractivity contribution in [2.75, 3.05) is 26.7 Å². The standard InChI is InChI=1S/C16H21N3O4/c1-23-13-9-11(3-7-17-13)14(21)19-8-4-12(20)16(10-19)5-2-6-18-15(16)22/h3,7,9,12,20H,2,4-6,8,10H2,1H3,(H,18,22)/t12-,16+/m0/s1. The molecule has 2 N–H and O–H groups in total. The van der Waals surface area contributed by atoms with Crippen LogP contribution >= 0.6 is 0 Å². The van der Waals surface area contributed by atoms with Crippen LogP contribution in [-0.4, -0.2) is 59.7 Å². The summed E-state index contributed by atoms with van der Waals surface area (Å²) >= 11 is 0. The van der Waals surface area contributed by atoms with E-state index >= 15 is 0 Å². The number of aliphatic hydroxyl groups is 1. The van der Waals surface area contributed by atoms with E-state index in [0.717, 1.165) is 6.42 Å². The molecule has 2 aliphatic rings. The maximum atomic E-state index is 12.7. The number of nitrogens with one attached hydrogen (secondary N) is 1. The predicted molar refractivity (Wildman–Crippen MR) is 82.0 cm³/mol. The van der Waals surface area contributed by atoms with E-state index in [1.165, 1.54) is 13.3 Å². The summed E-state index contributed by atoms with van der Waals surface area (Å²) in [5.74, 6) is 0.0504. The summed E-state index contributed by atoms with van der Waals surface area (Å²) in [6, 6.07) is 3.21. The minimum atomic E-state index is -0.886. The second kappa shape index (κ2) is 6.16. The molecule has 2 atom stereocenters. The van der Waals surface area contributed by atoms with Crippen LogP contribution in [0.5, 0.6) is 5.88 Å². The summed E-state index contributed by atoms with van der Waals surface area (Å²) in [5, 5.41) is 13.2. The van der Waals surface area contributed by atoms with Gasteiger partial charge in [-0.25, -0.2) is 4.98 Å². The number of likely N-dealkylation sites (tertiary alicyclic amines) is 1. The number of rotatable bonds is 2. The molecule has 2 amide bonds. The summed E-state index contributed by atoms with van der Waals surface area (Å²) in [6.07, 6.45) is 2.63. The largest absolute Gasteiger partial charge is 0.481 e.